The highest BCUT2D eigenvalue weighted by Gasteiger charge is 2.09. The quantitative estimate of drug-likeness (QED) is 0.558. The first-order valence-corrected chi connectivity index (χ1v) is 5.37. The molecule has 0 amide bonds. The molecule has 0 atom stereocenters. The highest BCUT2D eigenvalue weighted by molar-refractivity contribution is 5.95. The predicted molar refractivity (Wildman–Crippen MR) is 63.0 cm³/mol. The molecule has 4 nitrogen and oxygen atoms in total. The van der Waals surface area contributed by atoms with Crippen molar-refractivity contribution in [2.45, 2.75) is 19.3 Å². The second kappa shape index (κ2) is 6.68. The molecule has 0 aromatic heterocycles. The van der Waals surface area contributed by atoms with Crippen LogP contribution in [0.25, 0.3) is 0 Å². The van der Waals surface area contributed by atoms with Crippen LogP contribution in [0.5, 0.6) is 5.75 Å². The fourth-order valence-corrected chi connectivity index (χ4v) is 1.43. The third-order valence-corrected chi connectivity index (χ3v) is 2.40. The third-order valence-electron chi connectivity index (χ3n) is 2.40. The summed E-state index contributed by atoms with van der Waals surface area (Å²) in [7, 11) is 2.87. The summed E-state index contributed by atoms with van der Waals surface area (Å²) in [6.45, 7) is 0. The van der Waals surface area contributed by atoms with Crippen molar-refractivity contribution in [2.24, 2.45) is 0 Å². The van der Waals surface area contributed by atoms with E-state index in [-0.39, 0.29) is 12.2 Å². The molecule has 0 spiro atoms. The predicted octanol–water partition coefficient (Wildman–Crippen LogP) is 1.76. The standard InChI is InChI=1S/C13H16O4/c1-16-12-5-3-4-10(8-12)6-7-11(14)9-13(15)17-2/h3-5,8H,6-7,9H2,1-2H3. The van der Waals surface area contributed by atoms with Gasteiger partial charge < -0.3 is 9.47 Å². The Balaban J connectivity index is 2.44. The third kappa shape index (κ3) is 4.68. The number of hydrogen-bond acceptors (Lipinski definition) is 4. The number of methoxy groups -OCH3 is 2. The minimum absolute atomic E-state index is 0.111. The second-order valence-corrected chi connectivity index (χ2v) is 3.64. The van der Waals surface area contributed by atoms with Crippen LogP contribution in [0.1, 0.15) is 18.4 Å². The van der Waals surface area contributed by atoms with E-state index in [1.165, 1.54) is 7.11 Å². The summed E-state index contributed by atoms with van der Waals surface area (Å²) in [6.07, 6.45) is 0.787. The lowest BCUT2D eigenvalue weighted by Gasteiger charge is -2.04. The molecule has 0 saturated heterocycles. The Labute approximate surface area is 101 Å². The van der Waals surface area contributed by atoms with Gasteiger partial charge in [-0.05, 0) is 24.1 Å². The summed E-state index contributed by atoms with van der Waals surface area (Å²) in [5, 5.41) is 0. The molecule has 0 aliphatic carbocycles. The van der Waals surface area contributed by atoms with Crippen molar-refractivity contribution in [3.63, 3.8) is 0 Å². The van der Waals surface area contributed by atoms with Gasteiger partial charge in [0.15, 0.2) is 0 Å². The number of hydrogen-bond donors (Lipinski definition) is 0. The van der Waals surface area contributed by atoms with Crippen LogP contribution in [-0.2, 0) is 20.7 Å². The lowest BCUT2D eigenvalue weighted by Crippen LogP contribution is -2.09. The number of benzene rings is 1. The molecule has 4 heteroatoms. The molecular weight excluding hydrogens is 220 g/mol. The zero-order valence-electron chi connectivity index (χ0n) is 10.1. The average molecular weight is 236 g/mol. The molecule has 0 unspecified atom stereocenters. The number of aryl methyl sites for hydroxylation is 1. The van der Waals surface area contributed by atoms with Crippen molar-refractivity contribution in [3.8, 4) is 5.75 Å². The van der Waals surface area contributed by atoms with Gasteiger partial charge in [-0.2, -0.15) is 0 Å². The number of esters is 1. The molecule has 0 saturated carbocycles. The molecule has 0 aliphatic heterocycles. The maximum atomic E-state index is 11.4. The fourth-order valence-electron chi connectivity index (χ4n) is 1.43. The van der Waals surface area contributed by atoms with E-state index in [0.717, 1.165) is 11.3 Å². The SMILES string of the molecule is COC(=O)CC(=O)CCc1cccc(OC)c1. The lowest BCUT2D eigenvalue weighted by molar-refractivity contribution is -0.143. The zero-order valence-corrected chi connectivity index (χ0v) is 10.1. The Morgan fingerprint density at radius 3 is 2.65 bits per heavy atom. The van der Waals surface area contributed by atoms with Crippen LogP contribution in [0.4, 0.5) is 0 Å². The normalized spacial score (nSPS) is 9.76. The first-order chi connectivity index (χ1) is 8.15. The van der Waals surface area contributed by atoms with E-state index in [9.17, 15) is 9.59 Å². The molecule has 17 heavy (non-hydrogen) atoms. The number of Topliss-reactive ketones (excluding diaryl/α,β-unsaturated/α-hetero) is 1. The Kier molecular flexibility index (Phi) is 5.20. The number of ether oxygens (including phenoxy) is 2. The van der Waals surface area contributed by atoms with Crippen LogP contribution < -0.4 is 4.74 Å². The molecule has 92 valence electrons. The van der Waals surface area contributed by atoms with E-state index in [2.05, 4.69) is 4.74 Å². The number of rotatable bonds is 6. The maximum Gasteiger partial charge on any atom is 0.313 e. The summed E-state index contributed by atoms with van der Waals surface area (Å²) in [4.78, 5) is 22.3. The average Bonchev–Trinajstić information content (AvgIpc) is 2.36. The topological polar surface area (TPSA) is 52.6 Å². The summed E-state index contributed by atoms with van der Waals surface area (Å²) < 4.78 is 9.51. The van der Waals surface area contributed by atoms with Gasteiger partial charge in [-0.3, -0.25) is 9.59 Å². The first kappa shape index (κ1) is 13.2. The molecule has 0 bridgehead atoms. The van der Waals surface area contributed by atoms with Crippen molar-refractivity contribution in [3.05, 3.63) is 29.8 Å². The van der Waals surface area contributed by atoms with Crippen molar-refractivity contribution < 1.29 is 19.1 Å². The first-order valence-electron chi connectivity index (χ1n) is 5.37. The van der Waals surface area contributed by atoms with Crippen LogP contribution in [0.15, 0.2) is 24.3 Å². The molecule has 0 fully saturated rings. The van der Waals surface area contributed by atoms with Crippen LogP contribution in [0.2, 0.25) is 0 Å². The highest BCUT2D eigenvalue weighted by Crippen LogP contribution is 2.14. The largest absolute Gasteiger partial charge is 0.497 e. The van der Waals surface area contributed by atoms with Crippen LogP contribution in [0, 0.1) is 0 Å². The smallest absolute Gasteiger partial charge is 0.313 e. The van der Waals surface area contributed by atoms with Gasteiger partial charge in [0.25, 0.3) is 0 Å². The van der Waals surface area contributed by atoms with Crippen molar-refractivity contribution in [2.75, 3.05) is 14.2 Å². The summed E-state index contributed by atoms with van der Waals surface area (Å²) in [6, 6.07) is 7.53. The van der Waals surface area contributed by atoms with E-state index >= 15 is 0 Å². The molecule has 0 heterocycles. The molecule has 1 aromatic rings. The number of ketones is 1. The molecule has 1 rings (SSSR count). The van der Waals surface area contributed by atoms with Gasteiger partial charge in [-0.1, -0.05) is 12.1 Å². The van der Waals surface area contributed by atoms with Crippen molar-refractivity contribution in [1.29, 1.82) is 0 Å². The monoisotopic (exact) mass is 236 g/mol. The summed E-state index contributed by atoms with van der Waals surface area (Å²) >= 11 is 0. The van der Waals surface area contributed by atoms with Gasteiger partial charge in [-0.25, -0.2) is 0 Å². The highest BCUT2D eigenvalue weighted by atomic mass is 16.5. The molecule has 1 aromatic carbocycles. The number of carbonyl (C=O) groups is 2. The minimum atomic E-state index is -0.486. The maximum absolute atomic E-state index is 11.4. The van der Waals surface area contributed by atoms with E-state index in [1.54, 1.807) is 7.11 Å². The van der Waals surface area contributed by atoms with Crippen LogP contribution >= 0.6 is 0 Å². The van der Waals surface area contributed by atoms with Crippen LogP contribution in [-0.4, -0.2) is 26.0 Å². The molecular formula is C13H16O4. The van der Waals surface area contributed by atoms with Gasteiger partial charge in [0, 0.05) is 6.42 Å². The fraction of sp³-hybridized carbons (Fsp3) is 0.385. The van der Waals surface area contributed by atoms with Crippen LogP contribution in [0.3, 0.4) is 0 Å². The Morgan fingerprint density at radius 1 is 1.24 bits per heavy atom. The minimum Gasteiger partial charge on any atom is -0.497 e. The molecule has 0 N–H and O–H groups in total. The van der Waals surface area contributed by atoms with Crippen molar-refractivity contribution >= 4 is 11.8 Å². The lowest BCUT2D eigenvalue weighted by atomic mass is 10.1. The van der Waals surface area contributed by atoms with E-state index in [0.29, 0.717) is 12.8 Å². The van der Waals surface area contributed by atoms with Gasteiger partial charge in [0.2, 0.25) is 0 Å². The second-order valence-electron chi connectivity index (χ2n) is 3.64. The molecule has 0 radical (unpaired) electrons. The summed E-state index contributed by atoms with van der Waals surface area (Å²) in [5.41, 5.74) is 1.02. The van der Waals surface area contributed by atoms with Gasteiger partial charge in [-0.15, -0.1) is 0 Å². The van der Waals surface area contributed by atoms with Gasteiger partial charge in [0.05, 0.1) is 14.2 Å². The zero-order chi connectivity index (χ0) is 12.7. The van der Waals surface area contributed by atoms with Gasteiger partial charge >= 0.3 is 5.97 Å². The van der Waals surface area contributed by atoms with Gasteiger partial charge in [0.1, 0.15) is 18.0 Å². The van der Waals surface area contributed by atoms with E-state index in [4.69, 9.17) is 4.74 Å². The molecule has 0 aliphatic rings. The van der Waals surface area contributed by atoms with E-state index in [1.807, 2.05) is 24.3 Å². The summed E-state index contributed by atoms with van der Waals surface area (Å²) in [5.74, 6) is 0.170. The Bertz CT molecular complexity index is 398. The van der Waals surface area contributed by atoms with E-state index < -0.39 is 5.97 Å². The van der Waals surface area contributed by atoms with Crippen molar-refractivity contribution in [1.82, 2.24) is 0 Å². The Hall–Kier alpha value is -1.84. The number of carbonyl (C=O) groups excluding carboxylic acids is 2. The Morgan fingerprint density at radius 2 is 2.00 bits per heavy atom.